The number of halogens is 3. The Kier molecular flexibility index (Phi) is 4.88. The quantitative estimate of drug-likeness (QED) is 0.837. The summed E-state index contributed by atoms with van der Waals surface area (Å²) >= 11 is 0. The number of hydrogen-bond donors (Lipinski definition) is 0. The summed E-state index contributed by atoms with van der Waals surface area (Å²) in [6, 6.07) is 5.17. The molecule has 116 valence electrons. The summed E-state index contributed by atoms with van der Waals surface area (Å²) in [6.07, 6.45) is -3.24. The largest absolute Gasteiger partial charge is 0.416 e. The molecule has 0 bridgehead atoms. The lowest BCUT2D eigenvalue weighted by atomic mass is 9.98. The number of alkyl halides is 3. The van der Waals surface area contributed by atoms with Gasteiger partial charge in [-0.15, -0.1) is 0 Å². The predicted molar refractivity (Wildman–Crippen MR) is 71.7 cm³/mol. The molecule has 1 aliphatic heterocycles. The highest BCUT2D eigenvalue weighted by Gasteiger charge is 2.31. The fourth-order valence-electron chi connectivity index (χ4n) is 2.57. The zero-order chi connectivity index (χ0) is 15.5. The molecular formula is C15H18F3NO2. The molecule has 0 spiro atoms. The van der Waals surface area contributed by atoms with Gasteiger partial charge >= 0.3 is 6.18 Å². The molecule has 0 saturated carbocycles. The number of ether oxygens (including phenoxy) is 1. The van der Waals surface area contributed by atoms with Crippen LogP contribution in [-0.4, -0.2) is 37.6 Å². The van der Waals surface area contributed by atoms with E-state index in [4.69, 9.17) is 4.74 Å². The van der Waals surface area contributed by atoms with E-state index in [1.807, 2.05) is 0 Å². The molecule has 0 aromatic heterocycles. The second-order valence-corrected chi connectivity index (χ2v) is 5.30. The predicted octanol–water partition coefficient (Wildman–Crippen LogP) is 2.74. The van der Waals surface area contributed by atoms with Crippen LogP contribution in [0.3, 0.4) is 0 Å². The van der Waals surface area contributed by atoms with Crippen molar-refractivity contribution in [3.05, 3.63) is 35.4 Å². The minimum absolute atomic E-state index is 0.0870. The molecule has 0 aliphatic carbocycles. The normalized spacial score (nSPS) is 19.3. The van der Waals surface area contributed by atoms with E-state index in [0.717, 1.165) is 17.7 Å². The number of likely N-dealkylation sites (tertiary alicyclic amines) is 1. The number of methoxy groups -OCH3 is 1. The van der Waals surface area contributed by atoms with Gasteiger partial charge in [-0.05, 0) is 30.0 Å². The van der Waals surface area contributed by atoms with Crippen molar-refractivity contribution >= 4 is 5.91 Å². The molecule has 1 amide bonds. The second-order valence-electron chi connectivity index (χ2n) is 5.30. The fourth-order valence-corrected chi connectivity index (χ4v) is 2.57. The van der Waals surface area contributed by atoms with Crippen molar-refractivity contribution < 1.29 is 22.7 Å². The molecule has 0 N–H and O–H groups in total. The van der Waals surface area contributed by atoms with Crippen LogP contribution >= 0.6 is 0 Å². The van der Waals surface area contributed by atoms with Gasteiger partial charge in [-0.3, -0.25) is 4.79 Å². The van der Waals surface area contributed by atoms with Gasteiger partial charge < -0.3 is 9.64 Å². The minimum atomic E-state index is -4.31. The first-order valence-corrected chi connectivity index (χ1v) is 6.83. The van der Waals surface area contributed by atoms with Gasteiger partial charge in [0.1, 0.15) is 0 Å². The van der Waals surface area contributed by atoms with Crippen LogP contribution in [0.2, 0.25) is 0 Å². The monoisotopic (exact) mass is 301 g/mol. The van der Waals surface area contributed by atoms with E-state index in [2.05, 4.69) is 0 Å². The average molecular weight is 301 g/mol. The molecule has 1 fully saturated rings. The smallest absolute Gasteiger partial charge is 0.383 e. The van der Waals surface area contributed by atoms with Gasteiger partial charge in [-0.1, -0.05) is 12.1 Å². The van der Waals surface area contributed by atoms with E-state index in [1.165, 1.54) is 12.1 Å². The number of hydrogen-bond acceptors (Lipinski definition) is 2. The standard InChI is InChI=1S/C15H18F3NO2/c1-21-7-6-19-10-12(9-14(19)20)8-11-2-4-13(5-3-11)15(16,17)18/h2-5,12H,6-10H2,1H3. The molecule has 1 heterocycles. The van der Waals surface area contributed by atoms with Gasteiger partial charge in [0, 0.05) is 26.6 Å². The van der Waals surface area contributed by atoms with Crippen molar-refractivity contribution in [2.75, 3.05) is 26.8 Å². The minimum Gasteiger partial charge on any atom is -0.383 e. The van der Waals surface area contributed by atoms with Crippen LogP contribution in [0.1, 0.15) is 17.5 Å². The van der Waals surface area contributed by atoms with Crippen LogP contribution in [-0.2, 0) is 22.1 Å². The fraction of sp³-hybridized carbons (Fsp3) is 0.533. The van der Waals surface area contributed by atoms with Crippen molar-refractivity contribution in [2.24, 2.45) is 5.92 Å². The number of nitrogens with zero attached hydrogens (tertiary/aromatic N) is 1. The third-order valence-corrected chi connectivity index (χ3v) is 3.67. The topological polar surface area (TPSA) is 29.5 Å². The third-order valence-electron chi connectivity index (χ3n) is 3.67. The van der Waals surface area contributed by atoms with Crippen molar-refractivity contribution in [3.8, 4) is 0 Å². The molecule has 6 heteroatoms. The number of benzene rings is 1. The van der Waals surface area contributed by atoms with Crippen molar-refractivity contribution in [1.29, 1.82) is 0 Å². The van der Waals surface area contributed by atoms with Crippen LogP contribution in [0.4, 0.5) is 13.2 Å². The first-order chi connectivity index (χ1) is 9.90. The molecular weight excluding hydrogens is 283 g/mol. The van der Waals surface area contributed by atoms with Gasteiger partial charge in [0.2, 0.25) is 5.91 Å². The first-order valence-electron chi connectivity index (χ1n) is 6.83. The maximum atomic E-state index is 12.5. The summed E-state index contributed by atoms with van der Waals surface area (Å²) in [4.78, 5) is 13.5. The summed E-state index contributed by atoms with van der Waals surface area (Å²) < 4.78 is 42.4. The van der Waals surface area contributed by atoms with Crippen LogP contribution in [0.25, 0.3) is 0 Å². The van der Waals surface area contributed by atoms with E-state index >= 15 is 0 Å². The number of rotatable bonds is 5. The molecule has 2 rings (SSSR count). The van der Waals surface area contributed by atoms with Gasteiger partial charge in [0.25, 0.3) is 0 Å². The van der Waals surface area contributed by atoms with Crippen molar-refractivity contribution in [2.45, 2.75) is 19.0 Å². The van der Waals surface area contributed by atoms with Gasteiger partial charge in [0.15, 0.2) is 0 Å². The van der Waals surface area contributed by atoms with Gasteiger partial charge in [0.05, 0.1) is 12.2 Å². The molecule has 1 aromatic carbocycles. The Balaban J connectivity index is 1.92. The summed E-state index contributed by atoms with van der Waals surface area (Å²) in [5.41, 5.74) is 0.185. The Morgan fingerprint density at radius 3 is 2.52 bits per heavy atom. The van der Waals surface area contributed by atoms with Gasteiger partial charge in [-0.2, -0.15) is 13.2 Å². The number of amides is 1. The van der Waals surface area contributed by atoms with Crippen LogP contribution in [0, 0.1) is 5.92 Å². The Hall–Kier alpha value is -1.56. The van der Waals surface area contributed by atoms with Crippen LogP contribution in [0.15, 0.2) is 24.3 Å². The molecule has 3 nitrogen and oxygen atoms in total. The maximum Gasteiger partial charge on any atom is 0.416 e. The number of carbonyl (C=O) groups is 1. The zero-order valence-electron chi connectivity index (χ0n) is 11.8. The third kappa shape index (κ3) is 4.20. The highest BCUT2D eigenvalue weighted by molar-refractivity contribution is 5.78. The summed E-state index contributed by atoms with van der Waals surface area (Å²) in [7, 11) is 1.58. The zero-order valence-corrected chi connectivity index (χ0v) is 11.8. The highest BCUT2D eigenvalue weighted by atomic mass is 19.4. The lowest BCUT2D eigenvalue weighted by Gasteiger charge is -2.16. The van der Waals surface area contributed by atoms with Crippen LogP contribution in [0.5, 0.6) is 0 Å². The molecule has 1 atom stereocenters. The van der Waals surface area contributed by atoms with Gasteiger partial charge in [-0.25, -0.2) is 0 Å². The number of carbonyl (C=O) groups excluding carboxylic acids is 1. The Bertz CT molecular complexity index is 485. The maximum absolute atomic E-state index is 12.5. The Morgan fingerprint density at radius 1 is 1.29 bits per heavy atom. The average Bonchev–Trinajstić information content (AvgIpc) is 2.76. The Labute approximate surface area is 121 Å². The Morgan fingerprint density at radius 2 is 1.95 bits per heavy atom. The van der Waals surface area contributed by atoms with Crippen molar-refractivity contribution in [3.63, 3.8) is 0 Å². The molecule has 21 heavy (non-hydrogen) atoms. The highest BCUT2D eigenvalue weighted by Crippen LogP contribution is 2.30. The summed E-state index contributed by atoms with van der Waals surface area (Å²) in [5, 5.41) is 0. The molecule has 0 radical (unpaired) electrons. The van der Waals surface area contributed by atoms with E-state index in [0.29, 0.717) is 32.5 Å². The first kappa shape index (κ1) is 15.8. The molecule has 1 aromatic rings. The van der Waals surface area contributed by atoms with E-state index in [-0.39, 0.29) is 11.8 Å². The molecule has 1 unspecified atom stereocenters. The van der Waals surface area contributed by atoms with Crippen molar-refractivity contribution in [1.82, 2.24) is 4.90 Å². The summed E-state index contributed by atoms with van der Waals surface area (Å²) in [6.45, 7) is 1.71. The van der Waals surface area contributed by atoms with E-state index in [1.54, 1.807) is 12.0 Å². The lowest BCUT2D eigenvalue weighted by Crippen LogP contribution is -2.28. The van der Waals surface area contributed by atoms with E-state index in [9.17, 15) is 18.0 Å². The molecule has 1 aliphatic rings. The summed E-state index contributed by atoms with van der Waals surface area (Å²) in [5.74, 6) is 0.245. The second kappa shape index (κ2) is 6.47. The SMILES string of the molecule is COCCN1CC(Cc2ccc(C(F)(F)F)cc2)CC1=O. The van der Waals surface area contributed by atoms with Crippen LogP contribution < -0.4 is 0 Å². The van der Waals surface area contributed by atoms with E-state index < -0.39 is 11.7 Å². The molecule has 1 saturated heterocycles. The lowest BCUT2D eigenvalue weighted by molar-refractivity contribution is -0.137.